The number of carbonyl (C=O) groups excluding carboxylic acids is 6. The van der Waals surface area contributed by atoms with Crippen LogP contribution in [0.3, 0.4) is 0 Å². The van der Waals surface area contributed by atoms with E-state index in [4.69, 9.17) is 17.2 Å². The molecule has 21 heteroatoms. The van der Waals surface area contributed by atoms with Gasteiger partial charge >= 0.3 is 5.97 Å². The van der Waals surface area contributed by atoms with Gasteiger partial charge in [0.1, 0.15) is 36.3 Å². The molecular weight excluding hydrogens is 827 g/mol. The number of likely N-dealkylation sites (tertiary alicyclic amines) is 1. The van der Waals surface area contributed by atoms with Crippen LogP contribution in [0.25, 0.3) is 10.9 Å². The maximum atomic E-state index is 14.3. The van der Waals surface area contributed by atoms with E-state index in [1.54, 1.807) is 36.5 Å². The van der Waals surface area contributed by atoms with Crippen LogP contribution in [0.15, 0.2) is 65.8 Å². The highest BCUT2D eigenvalue weighted by Gasteiger charge is 2.39. The lowest BCUT2D eigenvalue weighted by Gasteiger charge is -2.29. The molecule has 1 fully saturated rings. The van der Waals surface area contributed by atoms with Crippen molar-refractivity contribution in [2.45, 2.75) is 87.7 Å². The lowest BCUT2D eigenvalue weighted by Crippen LogP contribution is -2.60. The lowest BCUT2D eigenvalue weighted by molar-refractivity contribution is -0.142. The van der Waals surface area contributed by atoms with E-state index in [2.05, 4.69) is 61.8 Å². The molecule has 1 aromatic heterocycles. The fraction of sp³-hybridized carbons (Fsp3) is 0.450. The maximum Gasteiger partial charge on any atom is 0.327 e. The average Bonchev–Trinajstić information content (AvgIpc) is 3.90. The van der Waals surface area contributed by atoms with Gasteiger partial charge in [-0.15, -0.1) is 0 Å². The van der Waals surface area contributed by atoms with Crippen LogP contribution < -0.4 is 43.8 Å². The molecule has 4 rings (SSSR count). The predicted octanol–water partition coefficient (Wildman–Crippen LogP) is -1.29. The van der Waals surface area contributed by atoms with E-state index in [1.165, 1.54) is 11.8 Å². The second-order valence-electron chi connectivity index (χ2n) is 14.7. The van der Waals surface area contributed by atoms with Gasteiger partial charge in [0.2, 0.25) is 35.4 Å². The van der Waals surface area contributed by atoms with Gasteiger partial charge < -0.3 is 58.8 Å². The Hall–Kier alpha value is -5.80. The van der Waals surface area contributed by atoms with Crippen LogP contribution in [0, 0.1) is 0 Å². The molecule has 330 valence electrons. The Bertz CT molecular complexity index is 2050. The van der Waals surface area contributed by atoms with Gasteiger partial charge in [0.05, 0.1) is 6.04 Å². The number of rotatable bonds is 22. The number of aliphatic carboxylic acids is 1. The quantitative estimate of drug-likeness (QED) is 0.0244. The molecule has 19 nitrogen and oxygen atoms in total. The van der Waals surface area contributed by atoms with Gasteiger partial charge in [-0.05, 0) is 49.8 Å². The molecule has 1 saturated heterocycles. The third-order valence-corrected chi connectivity index (χ3v) is 10.9. The van der Waals surface area contributed by atoms with Crippen molar-refractivity contribution in [1.29, 1.82) is 0 Å². The number of hydrogen-bond donors (Lipinski definition) is 12. The molecule has 3 aromatic rings. The van der Waals surface area contributed by atoms with E-state index in [0.29, 0.717) is 24.0 Å². The van der Waals surface area contributed by atoms with E-state index >= 15 is 0 Å². The van der Waals surface area contributed by atoms with Gasteiger partial charge in [0.25, 0.3) is 0 Å². The van der Waals surface area contributed by atoms with E-state index < -0.39 is 83.7 Å². The molecule has 7 atom stereocenters. The van der Waals surface area contributed by atoms with Crippen LogP contribution in [0.5, 0.6) is 0 Å². The minimum atomic E-state index is -1.36. The van der Waals surface area contributed by atoms with Gasteiger partial charge in [0.15, 0.2) is 5.96 Å². The summed E-state index contributed by atoms with van der Waals surface area (Å²) in [5, 5.41) is 23.7. The molecule has 61 heavy (non-hydrogen) atoms. The average molecular weight is 882 g/mol. The second-order valence-corrected chi connectivity index (χ2v) is 15.4. The monoisotopic (exact) mass is 881 g/mol. The molecule has 2 heterocycles. The number of para-hydroxylation sites is 1. The highest BCUT2D eigenvalue weighted by atomic mass is 32.1. The van der Waals surface area contributed by atoms with Crippen LogP contribution in [0.1, 0.15) is 43.7 Å². The Morgan fingerprint density at radius 3 is 2.10 bits per heavy atom. The summed E-state index contributed by atoms with van der Waals surface area (Å²) < 4.78 is 0. The number of carboxylic acids is 1. The number of aliphatic imine (C=N–C) groups is 1. The first-order valence-corrected chi connectivity index (χ1v) is 21.1. The summed E-state index contributed by atoms with van der Waals surface area (Å²) in [5.74, 6) is -5.66. The normalized spacial score (nSPS) is 16.5. The number of hydrogen-bond acceptors (Lipinski definition) is 11. The number of nitrogens with two attached hydrogens (primary N) is 3. The molecule has 6 amide bonds. The molecule has 13 N–H and O–H groups in total. The first kappa shape index (κ1) is 47.9. The molecule has 0 saturated carbocycles. The second kappa shape index (κ2) is 23.3. The Kier molecular flexibility index (Phi) is 18.3. The highest BCUT2D eigenvalue weighted by molar-refractivity contribution is 7.80. The number of carboxylic acid groups (broad SMARTS) is 1. The number of carbonyl (C=O) groups is 7. The summed E-state index contributed by atoms with van der Waals surface area (Å²) in [7, 11) is 0. The first-order chi connectivity index (χ1) is 29.1. The van der Waals surface area contributed by atoms with Gasteiger partial charge in [-0.3, -0.25) is 33.8 Å². The zero-order valence-electron chi connectivity index (χ0n) is 33.7. The molecular formula is C40H55N11O8S2. The van der Waals surface area contributed by atoms with Gasteiger partial charge in [-0.25, -0.2) is 4.79 Å². The van der Waals surface area contributed by atoms with Crippen molar-refractivity contribution in [2.75, 3.05) is 24.6 Å². The van der Waals surface area contributed by atoms with Crippen LogP contribution in [-0.4, -0.2) is 129 Å². The van der Waals surface area contributed by atoms with Crippen LogP contribution in [0.4, 0.5) is 0 Å². The number of thiol groups is 2. The Balaban J connectivity index is 1.60. The minimum absolute atomic E-state index is 0.00138. The predicted molar refractivity (Wildman–Crippen MR) is 235 cm³/mol. The summed E-state index contributed by atoms with van der Waals surface area (Å²) >= 11 is 8.08. The van der Waals surface area contributed by atoms with E-state index in [0.717, 1.165) is 10.9 Å². The Morgan fingerprint density at radius 2 is 1.44 bits per heavy atom. The molecule has 0 bridgehead atoms. The van der Waals surface area contributed by atoms with Gasteiger partial charge in [-0.1, -0.05) is 48.5 Å². The van der Waals surface area contributed by atoms with Crippen molar-refractivity contribution >= 4 is 83.5 Å². The number of nitrogens with zero attached hydrogens (tertiary/aromatic N) is 2. The van der Waals surface area contributed by atoms with E-state index in [9.17, 15) is 38.7 Å². The topological polar surface area (TPSA) is 309 Å². The number of H-pyrrole nitrogens is 1. The van der Waals surface area contributed by atoms with Gasteiger partial charge in [0, 0.05) is 54.5 Å². The zero-order valence-corrected chi connectivity index (χ0v) is 35.5. The minimum Gasteiger partial charge on any atom is -0.480 e. The number of nitrogens with one attached hydrogen (secondary N) is 6. The molecule has 0 unspecified atom stereocenters. The highest BCUT2D eigenvalue weighted by Crippen LogP contribution is 2.21. The van der Waals surface area contributed by atoms with Gasteiger partial charge in [-0.2, -0.15) is 25.3 Å². The fourth-order valence-electron chi connectivity index (χ4n) is 6.85. The standard InChI is InChI=1S/C40H55N11O8S2/c1-22(46-33(52)26(41)20-60)38(57)51-16-8-14-32(51)37(56)49-29(17-23-9-3-2-4-10-23)35(54)47-28(13-7-15-44-40(42)43)34(53)48-30(36(55)50-31(21-61)39(58)59)18-24-19-45-27-12-6-5-11-25(24)27/h2-6,9-12,19,22,26,28-32,45,60-61H,7-8,13-18,20-21,41H2,1H3,(H,46,52)(H,47,54)(H,48,53)(H,49,56)(H,50,55)(H,58,59)(H4,42,43,44)/t22-,26+,28+,29-,30+,31+,32+/m1/s1. The number of fused-ring (bicyclic) bond motifs is 1. The summed E-state index contributed by atoms with van der Waals surface area (Å²) in [6.45, 7) is 1.82. The molecule has 0 aliphatic carbocycles. The van der Waals surface area contributed by atoms with E-state index in [-0.39, 0.29) is 56.2 Å². The van der Waals surface area contributed by atoms with Crippen LogP contribution >= 0.6 is 25.3 Å². The molecule has 2 aromatic carbocycles. The smallest absolute Gasteiger partial charge is 0.327 e. The van der Waals surface area contributed by atoms with Crippen molar-refractivity contribution in [2.24, 2.45) is 22.2 Å². The molecule has 1 aliphatic heterocycles. The molecule has 1 aliphatic rings. The number of amides is 6. The summed E-state index contributed by atoms with van der Waals surface area (Å²) in [6, 6.07) is 8.04. The summed E-state index contributed by atoms with van der Waals surface area (Å²) in [6.07, 6.45) is 2.61. The van der Waals surface area contributed by atoms with Crippen LogP contribution in [-0.2, 0) is 46.4 Å². The SMILES string of the molecule is C[C@@H](NC(=O)[C@@H](N)CS)C(=O)N1CCC[C@H]1C(=O)N[C@H](Cc1ccccc1)C(=O)N[C@@H](CCCN=C(N)N)C(=O)N[C@@H](Cc1c[nH]c2ccccc12)C(=O)N[C@@H](CS)C(=O)O. The van der Waals surface area contributed by atoms with Crippen molar-refractivity contribution in [3.05, 3.63) is 71.9 Å². The van der Waals surface area contributed by atoms with Crippen molar-refractivity contribution in [1.82, 2.24) is 36.5 Å². The number of aromatic nitrogens is 1. The van der Waals surface area contributed by atoms with E-state index in [1.807, 2.05) is 24.3 Å². The van der Waals surface area contributed by atoms with Crippen molar-refractivity contribution in [3.8, 4) is 0 Å². The summed E-state index contributed by atoms with van der Waals surface area (Å²) in [5.41, 5.74) is 18.9. The lowest BCUT2D eigenvalue weighted by atomic mass is 10.0. The number of aromatic amines is 1. The number of guanidine groups is 1. The molecule has 0 spiro atoms. The first-order valence-electron chi connectivity index (χ1n) is 19.8. The van der Waals surface area contributed by atoms with Crippen molar-refractivity contribution in [3.63, 3.8) is 0 Å². The molecule has 0 radical (unpaired) electrons. The largest absolute Gasteiger partial charge is 0.480 e. The third kappa shape index (κ3) is 13.9. The van der Waals surface area contributed by atoms with Crippen LogP contribution in [0.2, 0.25) is 0 Å². The third-order valence-electron chi connectivity index (χ3n) is 10.1. The Labute approximate surface area is 364 Å². The maximum absolute atomic E-state index is 14.3. The Morgan fingerprint density at radius 1 is 0.820 bits per heavy atom. The number of benzene rings is 2. The summed E-state index contributed by atoms with van der Waals surface area (Å²) in [4.78, 5) is 102. The fourth-order valence-corrected chi connectivity index (χ4v) is 7.26. The zero-order chi connectivity index (χ0) is 44.6. The van der Waals surface area contributed by atoms with Crippen molar-refractivity contribution < 1.29 is 38.7 Å².